The summed E-state index contributed by atoms with van der Waals surface area (Å²) in [6, 6.07) is 27.0. The Morgan fingerprint density at radius 2 is 1.04 bits per heavy atom. The number of ketones is 1. The van der Waals surface area contributed by atoms with Crippen LogP contribution in [0.15, 0.2) is 91.0 Å². The largest absolute Gasteiger partial charge is 0.388 e. The fraction of sp³-hybridized carbons (Fsp3) is 0.136. The molecule has 0 aliphatic rings. The van der Waals surface area contributed by atoms with Crippen LogP contribution in [-0.4, -0.2) is 25.1 Å². The van der Waals surface area contributed by atoms with E-state index >= 15 is 0 Å². The van der Waals surface area contributed by atoms with Gasteiger partial charge in [-0.15, -0.1) is 0 Å². The molecule has 0 aliphatic heterocycles. The smallest absolute Gasteiger partial charge is 0.203 e. The standard InChI is InChI=1S/C20H16O2.C2H6O/c21-19(16-10-4-1-5-11-16)20(22,17-12-6-2-7-13-17)18-14-8-3-9-15-18;1-3-2/h1-15,22H;1-2H3. The predicted octanol–water partition coefficient (Wildman–Crippen LogP) is 4.07. The Morgan fingerprint density at radius 3 is 1.40 bits per heavy atom. The van der Waals surface area contributed by atoms with Crippen LogP contribution in [0.2, 0.25) is 0 Å². The van der Waals surface area contributed by atoms with Gasteiger partial charge in [-0.3, -0.25) is 4.79 Å². The second kappa shape index (κ2) is 8.92. The number of aliphatic hydroxyl groups is 1. The number of methoxy groups -OCH3 is 1. The van der Waals surface area contributed by atoms with Crippen LogP contribution in [0.3, 0.4) is 0 Å². The van der Waals surface area contributed by atoms with Gasteiger partial charge >= 0.3 is 0 Å². The Bertz CT molecular complexity index is 729. The lowest BCUT2D eigenvalue weighted by molar-refractivity contribution is 0.0488. The van der Waals surface area contributed by atoms with Crippen LogP contribution in [0.5, 0.6) is 0 Å². The Hall–Kier alpha value is -2.75. The number of Topliss-reactive ketones (excluding diaryl/α,β-unsaturated/α-hetero) is 1. The molecule has 0 atom stereocenters. The second-order valence-electron chi connectivity index (χ2n) is 5.55. The van der Waals surface area contributed by atoms with Gasteiger partial charge in [-0.25, -0.2) is 0 Å². The lowest BCUT2D eigenvalue weighted by Crippen LogP contribution is -2.37. The summed E-state index contributed by atoms with van der Waals surface area (Å²) >= 11 is 0. The molecule has 3 aromatic rings. The van der Waals surface area contributed by atoms with Crippen molar-refractivity contribution in [3.63, 3.8) is 0 Å². The lowest BCUT2D eigenvalue weighted by Gasteiger charge is -2.28. The summed E-state index contributed by atoms with van der Waals surface area (Å²) in [6.45, 7) is 0. The van der Waals surface area contributed by atoms with Crippen LogP contribution in [-0.2, 0) is 10.3 Å². The van der Waals surface area contributed by atoms with Gasteiger partial charge in [0.15, 0.2) is 5.60 Å². The monoisotopic (exact) mass is 334 g/mol. The first kappa shape index (κ1) is 18.6. The third kappa shape index (κ3) is 4.21. The molecular weight excluding hydrogens is 312 g/mol. The van der Waals surface area contributed by atoms with Gasteiger partial charge in [0.05, 0.1) is 0 Å². The molecule has 1 N–H and O–H groups in total. The molecule has 0 bridgehead atoms. The molecule has 0 unspecified atom stereocenters. The SMILES string of the molecule is COC.O=C(c1ccccc1)C(O)(c1ccccc1)c1ccccc1. The summed E-state index contributed by atoms with van der Waals surface area (Å²) in [6.07, 6.45) is 0. The number of carbonyl (C=O) groups is 1. The minimum atomic E-state index is -1.69. The number of hydrogen-bond acceptors (Lipinski definition) is 3. The van der Waals surface area contributed by atoms with E-state index < -0.39 is 5.60 Å². The van der Waals surface area contributed by atoms with Crippen molar-refractivity contribution in [3.8, 4) is 0 Å². The van der Waals surface area contributed by atoms with Crippen LogP contribution in [0.25, 0.3) is 0 Å². The molecule has 3 heteroatoms. The van der Waals surface area contributed by atoms with Gasteiger partial charge in [-0.05, 0) is 11.1 Å². The molecule has 25 heavy (non-hydrogen) atoms. The average Bonchev–Trinajstić information content (AvgIpc) is 2.69. The van der Waals surface area contributed by atoms with Gasteiger partial charge in [-0.2, -0.15) is 0 Å². The van der Waals surface area contributed by atoms with E-state index in [0.717, 1.165) is 0 Å². The van der Waals surface area contributed by atoms with Crippen molar-refractivity contribution >= 4 is 5.78 Å². The molecular formula is C22H22O3. The van der Waals surface area contributed by atoms with Crippen molar-refractivity contribution in [1.29, 1.82) is 0 Å². The van der Waals surface area contributed by atoms with E-state index in [1.807, 2.05) is 42.5 Å². The third-order valence-electron chi connectivity index (χ3n) is 3.75. The maximum Gasteiger partial charge on any atom is 0.203 e. The van der Waals surface area contributed by atoms with Crippen molar-refractivity contribution in [2.75, 3.05) is 14.2 Å². The molecule has 0 amide bonds. The van der Waals surface area contributed by atoms with E-state index in [9.17, 15) is 9.90 Å². The molecule has 0 fully saturated rings. The first-order chi connectivity index (χ1) is 12.1. The van der Waals surface area contributed by atoms with Gasteiger partial charge in [0, 0.05) is 19.8 Å². The summed E-state index contributed by atoms with van der Waals surface area (Å²) < 4.78 is 4.25. The fourth-order valence-corrected chi connectivity index (χ4v) is 2.59. The number of carbonyl (C=O) groups excluding carboxylic acids is 1. The number of benzene rings is 3. The Labute approximate surface area is 148 Å². The van der Waals surface area contributed by atoms with Crippen molar-refractivity contribution in [2.45, 2.75) is 5.60 Å². The highest BCUT2D eigenvalue weighted by Gasteiger charge is 2.39. The topological polar surface area (TPSA) is 46.5 Å². The molecule has 128 valence electrons. The second-order valence-corrected chi connectivity index (χ2v) is 5.55. The summed E-state index contributed by atoms with van der Waals surface area (Å²) in [7, 11) is 3.25. The van der Waals surface area contributed by atoms with Gasteiger partial charge < -0.3 is 9.84 Å². The normalized spacial score (nSPS) is 10.5. The predicted molar refractivity (Wildman–Crippen MR) is 99.6 cm³/mol. The number of ether oxygens (including phenoxy) is 1. The van der Waals surface area contributed by atoms with Gasteiger partial charge in [0.1, 0.15) is 0 Å². The van der Waals surface area contributed by atoms with Crippen molar-refractivity contribution in [1.82, 2.24) is 0 Å². The zero-order chi connectivity index (χ0) is 18.1. The molecule has 0 radical (unpaired) electrons. The van der Waals surface area contributed by atoms with E-state index in [0.29, 0.717) is 16.7 Å². The summed E-state index contributed by atoms with van der Waals surface area (Å²) in [5.41, 5.74) is -0.0769. The van der Waals surface area contributed by atoms with E-state index in [4.69, 9.17) is 0 Å². The van der Waals surface area contributed by atoms with E-state index in [1.54, 1.807) is 62.8 Å². The van der Waals surface area contributed by atoms with Crippen LogP contribution < -0.4 is 0 Å². The van der Waals surface area contributed by atoms with Crippen LogP contribution in [0.1, 0.15) is 21.5 Å². The molecule has 0 saturated heterocycles. The zero-order valence-corrected chi connectivity index (χ0v) is 14.4. The zero-order valence-electron chi connectivity index (χ0n) is 14.4. The molecule has 3 aromatic carbocycles. The molecule has 3 nitrogen and oxygen atoms in total. The quantitative estimate of drug-likeness (QED) is 0.732. The summed E-state index contributed by atoms with van der Waals surface area (Å²) in [5, 5.41) is 11.3. The molecule has 0 saturated carbocycles. The number of rotatable bonds is 4. The van der Waals surface area contributed by atoms with Crippen molar-refractivity contribution < 1.29 is 14.6 Å². The molecule has 0 aliphatic carbocycles. The average molecular weight is 334 g/mol. The van der Waals surface area contributed by atoms with Crippen LogP contribution in [0, 0.1) is 0 Å². The maximum absolute atomic E-state index is 13.0. The van der Waals surface area contributed by atoms with E-state index in [2.05, 4.69) is 4.74 Å². The van der Waals surface area contributed by atoms with E-state index in [-0.39, 0.29) is 5.78 Å². The number of hydrogen-bond donors (Lipinski definition) is 1. The lowest BCUT2D eigenvalue weighted by atomic mass is 9.80. The molecule has 3 rings (SSSR count). The van der Waals surface area contributed by atoms with Crippen molar-refractivity contribution in [2.24, 2.45) is 0 Å². The first-order valence-electron chi connectivity index (χ1n) is 7.98. The first-order valence-corrected chi connectivity index (χ1v) is 7.98. The highest BCUT2D eigenvalue weighted by atomic mass is 16.4. The molecule has 0 heterocycles. The Morgan fingerprint density at radius 1 is 0.720 bits per heavy atom. The summed E-state index contributed by atoms with van der Waals surface area (Å²) in [4.78, 5) is 13.0. The van der Waals surface area contributed by atoms with Crippen LogP contribution in [0.4, 0.5) is 0 Å². The van der Waals surface area contributed by atoms with E-state index in [1.165, 1.54) is 0 Å². The van der Waals surface area contributed by atoms with Gasteiger partial charge in [-0.1, -0.05) is 91.0 Å². The van der Waals surface area contributed by atoms with Crippen LogP contribution >= 0.6 is 0 Å². The van der Waals surface area contributed by atoms with Crippen molar-refractivity contribution in [3.05, 3.63) is 108 Å². The minimum absolute atomic E-state index is 0.328. The highest BCUT2D eigenvalue weighted by Crippen LogP contribution is 2.33. The Balaban J connectivity index is 0.000000701. The Kier molecular flexibility index (Phi) is 6.63. The minimum Gasteiger partial charge on any atom is -0.388 e. The highest BCUT2D eigenvalue weighted by molar-refractivity contribution is 6.05. The molecule has 0 aromatic heterocycles. The third-order valence-corrected chi connectivity index (χ3v) is 3.75. The van der Waals surface area contributed by atoms with Gasteiger partial charge in [0.2, 0.25) is 5.78 Å². The maximum atomic E-state index is 13.0. The fourth-order valence-electron chi connectivity index (χ4n) is 2.59. The molecule has 0 spiro atoms. The summed E-state index contributed by atoms with van der Waals surface area (Å²) in [5.74, 6) is -0.328. The van der Waals surface area contributed by atoms with Gasteiger partial charge in [0.25, 0.3) is 0 Å².